The van der Waals surface area contributed by atoms with E-state index >= 15 is 0 Å². The maximum atomic E-state index is 3.64. The van der Waals surface area contributed by atoms with Gasteiger partial charge in [0.05, 0.1) is 0 Å². The summed E-state index contributed by atoms with van der Waals surface area (Å²) in [7, 11) is 0. The van der Waals surface area contributed by atoms with Crippen LogP contribution in [0.2, 0.25) is 0 Å². The molecule has 0 aliphatic carbocycles. The molecule has 0 aromatic carbocycles. The van der Waals surface area contributed by atoms with Crippen molar-refractivity contribution >= 4 is 46.1 Å². The Morgan fingerprint density at radius 2 is 0.875 bits per heavy atom. The quantitative estimate of drug-likeness (QED) is 0.468. The summed E-state index contributed by atoms with van der Waals surface area (Å²) in [5.41, 5.74) is 0. The van der Waals surface area contributed by atoms with Crippen LogP contribution in [-0.4, -0.2) is 46.1 Å². The van der Waals surface area contributed by atoms with E-state index < -0.39 is 0 Å². The second-order valence-corrected chi connectivity index (χ2v) is 3.64. The van der Waals surface area contributed by atoms with Crippen molar-refractivity contribution in [3.05, 3.63) is 27.7 Å². The van der Waals surface area contributed by atoms with Crippen LogP contribution in [0.4, 0.5) is 0 Å². The number of hydrogen-bond donors (Lipinski definition) is 0. The molecule has 0 heterocycles. The molecule has 0 atom stereocenters. The smallest absolute Gasteiger partial charge is 0.346 e. The second kappa shape index (κ2) is 43.9. The molecule has 0 aliphatic rings. The van der Waals surface area contributed by atoms with Gasteiger partial charge in [0.2, 0.25) is 0 Å². The van der Waals surface area contributed by atoms with E-state index in [4.69, 9.17) is 0 Å². The third-order valence-electron chi connectivity index (χ3n) is 0.354. The van der Waals surface area contributed by atoms with E-state index in [9.17, 15) is 0 Å². The van der Waals surface area contributed by atoms with Gasteiger partial charge in [-0.15, -0.1) is 0 Å². The first-order valence-electron chi connectivity index (χ1n) is 5.54. The molecule has 2 heteroatoms. The Hall–Kier alpha value is 1.53. The van der Waals surface area contributed by atoms with Crippen LogP contribution in [0.1, 0.15) is 54.4 Å². The van der Waals surface area contributed by atoms with Gasteiger partial charge >= 0.3 is 46.1 Å². The first kappa shape index (κ1) is 36.0. The van der Waals surface area contributed by atoms with Crippen LogP contribution < -0.4 is 0 Å². The molecule has 0 unspecified atom stereocenters. The van der Waals surface area contributed by atoms with Crippen molar-refractivity contribution in [2.45, 2.75) is 54.4 Å². The Bertz CT molecular complexity index is 39.2. The summed E-state index contributed by atoms with van der Waals surface area (Å²) in [5.74, 6) is 1.17. The molecular formula is C14H32Mg2. The molecule has 0 aromatic rings. The fraction of sp³-hybridized carbons (Fsp3) is 0.714. The zero-order chi connectivity index (χ0) is 12.6. The molecular weight excluding hydrogens is 217 g/mol. The van der Waals surface area contributed by atoms with Gasteiger partial charge in [0.25, 0.3) is 0 Å². The molecule has 0 aliphatic heterocycles. The first-order valence-corrected chi connectivity index (χ1v) is 5.54. The summed E-state index contributed by atoms with van der Waals surface area (Å²) in [6.07, 6.45) is 2.28. The van der Waals surface area contributed by atoms with Gasteiger partial charge in [-0.3, -0.25) is 0 Å². The fourth-order valence-corrected chi connectivity index (χ4v) is 0. The Balaban J connectivity index is -0.0000000205. The van der Waals surface area contributed by atoms with E-state index in [0.29, 0.717) is 11.8 Å². The first-order chi connectivity index (χ1) is 6.38. The topological polar surface area (TPSA) is 0 Å². The second-order valence-electron chi connectivity index (χ2n) is 3.64. The van der Waals surface area contributed by atoms with E-state index in [-0.39, 0.29) is 46.1 Å². The molecule has 16 heavy (non-hydrogen) atoms. The molecule has 0 aromatic heterocycles. The molecule has 0 radical (unpaired) electrons. The van der Waals surface area contributed by atoms with E-state index in [0.717, 1.165) is 6.42 Å². The fourth-order valence-electron chi connectivity index (χ4n) is 0. The van der Waals surface area contributed by atoms with Crippen molar-refractivity contribution in [1.29, 1.82) is 0 Å². The standard InChI is InChI=1S/3C4H9.C2H5.2Mg/c2*1-4(2)3;1-3-4-2;1-2;;/h2*4H,1H2,2-3H3;1,3-4H2,2H3;1H2,2H3;;/q4*-1;2*+2. The average molecular weight is 249 g/mol. The van der Waals surface area contributed by atoms with Gasteiger partial charge in [-0.1, -0.05) is 41.0 Å². The summed E-state index contributed by atoms with van der Waals surface area (Å²) in [6.45, 7) is 26.2. The largest absolute Gasteiger partial charge is 2.00 e. The van der Waals surface area contributed by atoms with Crippen LogP contribution in [0.5, 0.6) is 0 Å². The van der Waals surface area contributed by atoms with Crippen LogP contribution in [0, 0.1) is 39.5 Å². The molecule has 0 N–H and O–H groups in total. The third kappa shape index (κ3) is 511. The average Bonchev–Trinajstić information content (AvgIpc) is 2.05. The van der Waals surface area contributed by atoms with Gasteiger partial charge in [0.15, 0.2) is 0 Å². The molecule has 0 saturated heterocycles. The van der Waals surface area contributed by atoms with Crippen LogP contribution in [0.25, 0.3) is 0 Å². The summed E-state index contributed by atoms with van der Waals surface area (Å²) in [5, 5.41) is 0. The zero-order valence-electron chi connectivity index (χ0n) is 12.8. The van der Waals surface area contributed by atoms with Gasteiger partial charge in [0, 0.05) is 0 Å². The summed E-state index contributed by atoms with van der Waals surface area (Å²) in [6, 6.07) is 0. The van der Waals surface area contributed by atoms with Crippen LogP contribution in [0.3, 0.4) is 0 Å². The van der Waals surface area contributed by atoms with Gasteiger partial charge in [-0.05, 0) is 0 Å². The Morgan fingerprint density at radius 3 is 0.875 bits per heavy atom. The monoisotopic (exact) mass is 248 g/mol. The van der Waals surface area contributed by atoms with Crippen molar-refractivity contribution in [2.75, 3.05) is 0 Å². The number of hydrogen-bond acceptors (Lipinski definition) is 0. The summed E-state index contributed by atoms with van der Waals surface area (Å²) in [4.78, 5) is 0. The van der Waals surface area contributed by atoms with E-state index in [1.54, 1.807) is 6.92 Å². The van der Waals surface area contributed by atoms with Crippen LogP contribution in [0.15, 0.2) is 0 Å². The normalized spacial score (nSPS) is 6.75. The Labute approximate surface area is 139 Å². The minimum Gasteiger partial charge on any atom is -0.346 e. The predicted octanol–water partition coefficient (Wildman–Crippen LogP) is 4.65. The van der Waals surface area contributed by atoms with Gasteiger partial charge in [-0.25, -0.2) is 0 Å². The van der Waals surface area contributed by atoms with E-state index in [2.05, 4.69) is 62.3 Å². The van der Waals surface area contributed by atoms with Crippen LogP contribution in [-0.2, 0) is 0 Å². The molecule has 0 fully saturated rings. The van der Waals surface area contributed by atoms with Crippen molar-refractivity contribution < 1.29 is 0 Å². The summed E-state index contributed by atoms with van der Waals surface area (Å²) < 4.78 is 0. The maximum absolute atomic E-state index is 3.64. The Morgan fingerprint density at radius 1 is 0.812 bits per heavy atom. The minimum absolute atomic E-state index is 0. The molecule has 0 bridgehead atoms. The molecule has 92 valence electrons. The molecule has 0 amide bonds. The van der Waals surface area contributed by atoms with Gasteiger partial charge in [-0.2, -0.15) is 25.2 Å². The van der Waals surface area contributed by atoms with Crippen molar-refractivity contribution in [3.8, 4) is 0 Å². The Kier molecular flexibility index (Phi) is 98.8. The van der Waals surface area contributed by atoms with Gasteiger partial charge < -0.3 is 27.7 Å². The number of unbranched alkanes of at least 4 members (excludes halogenated alkanes) is 1. The molecule has 0 saturated carbocycles. The maximum Gasteiger partial charge on any atom is 2.00 e. The molecule has 0 spiro atoms. The SMILES string of the molecule is [CH2-]C.[CH2-]C(C)C.[CH2-]C(C)C.[CH2-]CCC.[Mg+2].[Mg+2]. The summed E-state index contributed by atoms with van der Waals surface area (Å²) >= 11 is 0. The van der Waals surface area contributed by atoms with E-state index in [1.807, 2.05) is 0 Å². The predicted molar refractivity (Wildman–Crippen MR) is 83.2 cm³/mol. The third-order valence-corrected chi connectivity index (χ3v) is 0.354. The van der Waals surface area contributed by atoms with Crippen molar-refractivity contribution in [3.63, 3.8) is 0 Å². The van der Waals surface area contributed by atoms with Crippen molar-refractivity contribution in [2.24, 2.45) is 11.8 Å². The number of rotatable bonds is 1. The van der Waals surface area contributed by atoms with E-state index in [1.165, 1.54) is 6.42 Å². The van der Waals surface area contributed by atoms with Gasteiger partial charge in [0.1, 0.15) is 0 Å². The zero-order valence-corrected chi connectivity index (χ0v) is 15.6. The van der Waals surface area contributed by atoms with Crippen molar-refractivity contribution in [1.82, 2.24) is 0 Å². The molecule has 0 rings (SSSR count). The molecule has 0 nitrogen and oxygen atoms in total. The van der Waals surface area contributed by atoms with Crippen LogP contribution >= 0.6 is 0 Å². The minimum atomic E-state index is 0.